The maximum absolute atomic E-state index is 8.75. The summed E-state index contributed by atoms with van der Waals surface area (Å²) >= 11 is 0. The van der Waals surface area contributed by atoms with E-state index in [1.165, 1.54) is 6.33 Å². The van der Waals surface area contributed by atoms with E-state index >= 15 is 0 Å². The van der Waals surface area contributed by atoms with Gasteiger partial charge in [0.15, 0.2) is 0 Å². The lowest BCUT2D eigenvalue weighted by Crippen LogP contribution is -2.00. The number of nitrogens with one attached hydrogen (secondary N) is 1. The van der Waals surface area contributed by atoms with Crippen LogP contribution in [0.5, 0.6) is 0 Å². The van der Waals surface area contributed by atoms with Gasteiger partial charge in [-0.2, -0.15) is 5.26 Å². The molecule has 1 heterocycles. The summed E-state index contributed by atoms with van der Waals surface area (Å²) in [6, 6.07) is 9.46. The van der Waals surface area contributed by atoms with Gasteiger partial charge in [-0.25, -0.2) is 9.97 Å². The van der Waals surface area contributed by atoms with E-state index in [0.717, 1.165) is 11.3 Å². The maximum atomic E-state index is 8.75. The lowest BCUT2D eigenvalue weighted by Gasteiger charge is -2.05. The van der Waals surface area contributed by atoms with Crippen LogP contribution in [0.3, 0.4) is 0 Å². The van der Waals surface area contributed by atoms with Crippen molar-refractivity contribution in [2.45, 2.75) is 6.54 Å². The van der Waals surface area contributed by atoms with Crippen LogP contribution >= 0.6 is 0 Å². The van der Waals surface area contributed by atoms with Crippen molar-refractivity contribution >= 4 is 5.69 Å². The van der Waals surface area contributed by atoms with Crippen LogP contribution in [0, 0.1) is 11.3 Å². The molecule has 0 aliphatic heterocycles. The predicted molar refractivity (Wildman–Crippen MR) is 60.5 cm³/mol. The Kier molecular flexibility index (Phi) is 3.10. The molecule has 16 heavy (non-hydrogen) atoms. The molecule has 0 aliphatic rings. The third-order valence-corrected chi connectivity index (χ3v) is 2.10. The molecule has 2 rings (SSSR count). The Bertz CT molecular complexity index is 502. The van der Waals surface area contributed by atoms with Gasteiger partial charge >= 0.3 is 0 Å². The Balaban J connectivity index is 2.03. The molecule has 2 aromatic rings. The first kappa shape index (κ1) is 10.1. The molecule has 4 heteroatoms. The van der Waals surface area contributed by atoms with Crippen molar-refractivity contribution in [2.75, 3.05) is 5.32 Å². The highest BCUT2D eigenvalue weighted by Gasteiger charge is 1.95. The van der Waals surface area contributed by atoms with Crippen LogP contribution in [0.2, 0.25) is 0 Å². The van der Waals surface area contributed by atoms with Gasteiger partial charge in [0, 0.05) is 30.2 Å². The van der Waals surface area contributed by atoms with Crippen molar-refractivity contribution in [3.8, 4) is 6.07 Å². The molecule has 1 aromatic heterocycles. The van der Waals surface area contributed by atoms with Crippen molar-refractivity contribution < 1.29 is 0 Å². The quantitative estimate of drug-likeness (QED) is 0.841. The average molecular weight is 210 g/mol. The Labute approximate surface area is 93.6 Å². The largest absolute Gasteiger partial charge is 0.381 e. The summed E-state index contributed by atoms with van der Waals surface area (Å²) in [5.74, 6) is 0. The molecule has 1 aromatic carbocycles. The molecule has 0 atom stereocenters. The first-order valence-electron chi connectivity index (χ1n) is 4.86. The molecule has 0 radical (unpaired) electrons. The minimum Gasteiger partial charge on any atom is -0.381 e. The fraction of sp³-hybridized carbons (Fsp3) is 0.0833. The highest BCUT2D eigenvalue weighted by Crippen LogP contribution is 2.10. The van der Waals surface area contributed by atoms with Crippen molar-refractivity contribution in [1.82, 2.24) is 9.97 Å². The SMILES string of the molecule is N#Cc1cccc(NCc2cncnc2)c1. The fourth-order valence-corrected chi connectivity index (χ4v) is 1.32. The van der Waals surface area contributed by atoms with E-state index in [-0.39, 0.29) is 0 Å². The topological polar surface area (TPSA) is 61.6 Å². The molecule has 4 nitrogen and oxygen atoms in total. The molecule has 0 unspecified atom stereocenters. The van der Waals surface area contributed by atoms with Crippen LogP contribution in [-0.2, 0) is 6.54 Å². The van der Waals surface area contributed by atoms with E-state index in [1.807, 2.05) is 18.2 Å². The molecule has 0 aliphatic carbocycles. The Morgan fingerprint density at radius 1 is 1.25 bits per heavy atom. The van der Waals surface area contributed by atoms with Gasteiger partial charge in [-0.1, -0.05) is 6.07 Å². The fourth-order valence-electron chi connectivity index (χ4n) is 1.32. The minimum absolute atomic E-state index is 0.648. The Morgan fingerprint density at radius 3 is 2.81 bits per heavy atom. The minimum atomic E-state index is 0.648. The summed E-state index contributed by atoms with van der Waals surface area (Å²) in [7, 11) is 0. The molecule has 0 bridgehead atoms. The van der Waals surface area contributed by atoms with Crippen LogP contribution in [0.15, 0.2) is 43.0 Å². The lowest BCUT2D eigenvalue weighted by molar-refractivity contribution is 1.05. The monoisotopic (exact) mass is 210 g/mol. The summed E-state index contributed by atoms with van der Waals surface area (Å²) in [5, 5.41) is 12.0. The first-order valence-corrected chi connectivity index (χ1v) is 4.86. The highest BCUT2D eigenvalue weighted by atomic mass is 14.9. The van der Waals surface area contributed by atoms with Crippen LogP contribution in [0.25, 0.3) is 0 Å². The summed E-state index contributed by atoms with van der Waals surface area (Å²) in [5.41, 5.74) is 2.57. The van der Waals surface area contributed by atoms with E-state index in [2.05, 4.69) is 21.4 Å². The van der Waals surface area contributed by atoms with E-state index in [0.29, 0.717) is 12.1 Å². The third kappa shape index (κ3) is 2.55. The van der Waals surface area contributed by atoms with Crippen LogP contribution in [0.4, 0.5) is 5.69 Å². The summed E-state index contributed by atoms with van der Waals surface area (Å²) < 4.78 is 0. The molecule has 0 amide bonds. The van der Waals surface area contributed by atoms with Gasteiger partial charge in [-0.3, -0.25) is 0 Å². The van der Waals surface area contributed by atoms with Gasteiger partial charge in [-0.15, -0.1) is 0 Å². The van der Waals surface area contributed by atoms with Crippen LogP contribution < -0.4 is 5.32 Å². The van der Waals surface area contributed by atoms with E-state index < -0.39 is 0 Å². The van der Waals surface area contributed by atoms with Crippen LogP contribution in [0.1, 0.15) is 11.1 Å². The standard InChI is InChI=1S/C12H10N4/c13-5-10-2-1-3-12(4-10)16-8-11-6-14-9-15-7-11/h1-4,6-7,9,16H,8H2. The number of nitrogens with zero attached hydrogens (tertiary/aromatic N) is 3. The highest BCUT2D eigenvalue weighted by molar-refractivity contribution is 5.49. The molecular formula is C12H10N4. The number of anilines is 1. The number of hydrogen-bond donors (Lipinski definition) is 1. The second-order valence-electron chi connectivity index (χ2n) is 3.29. The molecule has 0 spiro atoms. The molecule has 0 saturated carbocycles. The van der Waals surface area contributed by atoms with Gasteiger partial charge in [0.25, 0.3) is 0 Å². The van der Waals surface area contributed by atoms with E-state index in [1.54, 1.807) is 18.5 Å². The normalized spacial score (nSPS) is 9.44. The molecule has 1 N–H and O–H groups in total. The molecule has 78 valence electrons. The summed E-state index contributed by atoms with van der Waals surface area (Å²) in [6.07, 6.45) is 5.02. The smallest absolute Gasteiger partial charge is 0.115 e. The summed E-state index contributed by atoms with van der Waals surface area (Å²) in [4.78, 5) is 7.85. The third-order valence-electron chi connectivity index (χ3n) is 2.10. The molecule has 0 saturated heterocycles. The zero-order valence-corrected chi connectivity index (χ0v) is 8.59. The Hall–Kier alpha value is -2.41. The zero-order chi connectivity index (χ0) is 11.2. The van der Waals surface area contributed by atoms with Gasteiger partial charge in [0.2, 0.25) is 0 Å². The van der Waals surface area contributed by atoms with Gasteiger partial charge in [0.05, 0.1) is 11.6 Å². The van der Waals surface area contributed by atoms with Crippen molar-refractivity contribution in [1.29, 1.82) is 5.26 Å². The average Bonchev–Trinajstić information content (AvgIpc) is 2.38. The molecule has 0 fully saturated rings. The lowest BCUT2D eigenvalue weighted by atomic mass is 10.2. The first-order chi connectivity index (χ1) is 7.88. The number of aromatic nitrogens is 2. The predicted octanol–water partition coefficient (Wildman–Crippen LogP) is 1.96. The van der Waals surface area contributed by atoms with Gasteiger partial charge < -0.3 is 5.32 Å². The number of benzene rings is 1. The van der Waals surface area contributed by atoms with Gasteiger partial charge in [-0.05, 0) is 18.2 Å². The zero-order valence-electron chi connectivity index (χ0n) is 8.59. The van der Waals surface area contributed by atoms with Crippen molar-refractivity contribution in [3.05, 3.63) is 54.1 Å². The van der Waals surface area contributed by atoms with Crippen molar-refractivity contribution in [3.63, 3.8) is 0 Å². The maximum Gasteiger partial charge on any atom is 0.115 e. The van der Waals surface area contributed by atoms with Crippen LogP contribution in [-0.4, -0.2) is 9.97 Å². The van der Waals surface area contributed by atoms with E-state index in [9.17, 15) is 0 Å². The summed E-state index contributed by atoms with van der Waals surface area (Å²) in [6.45, 7) is 0.649. The molecular weight excluding hydrogens is 200 g/mol. The number of rotatable bonds is 3. The Morgan fingerprint density at radius 2 is 2.06 bits per heavy atom. The van der Waals surface area contributed by atoms with Gasteiger partial charge in [0.1, 0.15) is 6.33 Å². The second-order valence-corrected chi connectivity index (χ2v) is 3.29. The second kappa shape index (κ2) is 4.89. The number of nitriles is 1. The van der Waals surface area contributed by atoms with E-state index in [4.69, 9.17) is 5.26 Å². The number of hydrogen-bond acceptors (Lipinski definition) is 4. The van der Waals surface area contributed by atoms with Crippen molar-refractivity contribution in [2.24, 2.45) is 0 Å².